The van der Waals surface area contributed by atoms with Gasteiger partial charge < -0.3 is 15.1 Å². The highest BCUT2D eigenvalue weighted by Crippen LogP contribution is 2.22. The van der Waals surface area contributed by atoms with Gasteiger partial charge >= 0.3 is 0 Å². The van der Waals surface area contributed by atoms with E-state index in [0.29, 0.717) is 38.7 Å². The molecule has 0 aliphatic carbocycles. The van der Waals surface area contributed by atoms with Gasteiger partial charge in [0.1, 0.15) is 11.6 Å². The molecule has 1 aromatic carbocycles. The Bertz CT molecular complexity index is 805. The lowest BCUT2D eigenvalue weighted by Gasteiger charge is -2.37. The summed E-state index contributed by atoms with van der Waals surface area (Å²) in [6.07, 6.45) is 0. The number of nitrogens with one attached hydrogen (secondary N) is 1. The maximum absolute atomic E-state index is 14.0. The number of piperazine rings is 1. The molecule has 2 rings (SSSR count). The Labute approximate surface area is 189 Å². The molecule has 0 radical (unpaired) electrons. The average molecular weight is 544 g/mol. The van der Waals surface area contributed by atoms with Crippen molar-refractivity contribution in [1.82, 2.24) is 10.2 Å². The number of aliphatic imine (C=N–C) groups is 1. The third kappa shape index (κ3) is 6.94. The third-order valence-corrected chi connectivity index (χ3v) is 7.30. The minimum absolute atomic E-state index is 0. The lowest BCUT2D eigenvalue weighted by atomic mass is 10.2. The first-order valence-corrected chi connectivity index (χ1v) is 11.2. The van der Waals surface area contributed by atoms with Crippen LogP contribution in [0.15, 0.2) is 23.2 Å². The molecule has 1 heterocycles. The van der Waals surface area contributed by atoms with E-state index in [-0.39, 0.29) is 42.0 Å². The van der Waals surface area contributed by atoms with E-state index >= 15 is 0 Å². The third-order valence-electron chi connectivity index (χ3n) is 4.72. The number of hydrogen-bond acceptors (Lipinski definition) is 4. The molecule has 1 fully saturated rings. The van der Waals surface area contributed by atoms with Gasteiger partial charge in [-0.15, -0.1) is 24.0 Å². The van der Waals surface area contributed by atoms with Crippen LogP contribution in [0.4, 0.5) is 14.5 Å². The molecule has 1 N–H and O–H groups in total. The van der Waals surface area contributed by atoms with Crippen LogP contribution in [0.25, 0.3) is 0 Å². The Hall–Kier alpha value is -1.17. The Balaban J connectivity index is 0.00000420. The van der Waals surface area contributed by atoms with Crippen LogP contribution in [-0.4, -0.2) is 69.0 Å². The fourth-order valence-corrected chi connectivity index (χ4v) is 3.84. The Morgan fingerprint density at radius 1 is 1.17 bits per heavy atom. The van der Waals surface area contributed by atoms with Crippen molar-refractivity contribution in [3.05, 3.63) is 29.8 Å². The van der Waals surface area contributed by atoms with Crippen LogP contribution in [0.2, 0.25) is 0 Å². The number of sulfone groups is 1. The maximum Gasteiger partial charge on any atom is 0.194 e. The quantitative estimate of drug-likeness (QED) is 0.351. The number of rotatable bonds is 5. The summed E-state index contributed by atoms with van der Waals surface area (Å²) in [5.41, 5.74) is 0.262. The molecular formula is C19H31F2IN4O2S. The largest absolute Gasteiger partial charge is 0.366 e. The van der Waals surface area contributed by atoms with Gasteiger partial charge in [0.25, 0.3) is 0 Å². The lowest BCUT2D eigenvalue weighted by Crippen LogP contribution is -2.53. The minimum Gasteiger partial charge on any atom is -0.366 e. The zero-order valence-corrected chi connectivity index (χ0v) is 20.6. The molecule has 0 aromatic heterocycles. The van der Waals surface area contributed by atoms with Gasteiger partial charge in [-0.25, -0.2) is 17.2 Å². The zero-order valence-electron chi connectivity index (χ0n) is 17.4. The molecule has 166 valence electrons. The van der Waals surface area contributed by atoms with Crippen LogP contribution in [0.3, 0.4) is 0 Å². The van der Waals surface area contributed by atoms with Gasteiger partial charge in [-0.3, -0.25) is 4.99 Å². The standard InChI is InChI=1S/C19H30F2N4O2S.HI/c1-5-22-18(23-8-13-28(26,27)19(2,3)4)25-11-9-24(10-12-25)17-14-15(20)6-7-16(17)21;/h6-7,14H,5,8-13H2,1-4H3,(H,22,23);1H. The second kappa shape index (κ2) is 10.7. The highest BCUT2D eigenvalue weighted by atomic mass is 127. The van der Waals surface area contributed by atoms with Crippen LogP contribution in [-0.2, 0) is 9.84 Å². The SMILES string of the molecule is CCNC(=NCCS(=O)(=O)C(C)(C)C)N1CCN(c2cc(F)ccc2F)CC1.I. The summed E-state index contributed by atoms with van der Waals surface area (Å²) in [4.78, 5) is 8.29. The zero-order chi connectivity index (χ0) is 20.9. The minimum atomic E-state index is -3.23. The van der Waals surface area contributed by atoms with E-state index in [0.717, 1.165) is 12.1 Å². The summed E-state index contributed by atoms with van der Waals surface area (Å²) in [5, 5.41) is 3.18. The van der Waals surface area contributed by atoms with Crippen molar-refractivity contribution in [3.8, 4) is 0 Å². The molecule has 1 aliphatic rings. The first-order chi connectivity index (χ1) is 13.0. The fraction of sp³-hybridized carbons (Fsp3) is 0.632. The molecule has 0 bridgehead atoms. The number of anilines is 1. The van der Waals surface area contributed by atoms with Gasteiger partial charge in [0.05, 0.1) is 22.7 Å². The lowest BCUT2D eigenvalue weighted by molar-refractivity contribution is 0.371. The molecule has 0 saturated carbocycles. The predicted octanol–water partition coefficient (Wildman–Crippen LogP) is 2.88. The summed E-state index contributed by atoms with van der Waals surface area (Å²) in [5.74, 6) is -0.276. The van der Waals surface area contributed by atoms with E-state index in [1.54, 1.807) is 20.8 Å². The molecule has 1 saturated heterocycles. The Morgan fingerprint density at radius 3 is 2.34 bits per heavy atom. The number of nitrogens with zero attached hydrogens (tertiary/aromatic N) is 3. The van der Waals surface area contributed by atoms with Gasteiger partial charge in [0, 0.05) is 38.8 Å². The number of halogens is 3. The van der Waals surface area contributed by atoms with Gasteiger partial charge in [-0.2, -0.15) is 0 Å². The highest BCUT2D eigenvalue weighted by molar-refractivity contribution is 14.0. The molecule has 6 nitrogen and oxygen atoms in total. The normalized spacial score (nSPS) is 15.9. The fourth-order valence-electron chi connectivity index (χ4n) is 2.89. The van der Waals surface area contributed by atoms with Crippen LogP contribution in [0.1, 0.15) is 27.7 Å². The summed E-state index contributed by atoms with van der Waals surface area (Å²) in [6, 6.07) is 3.45. The van der Waals surface area contributed by atoms with Crippen LogP contribution >= 0.6 is 24.0 Å². The van der Waals surface area contributed by atoms with Crippen LogP contribution in [0, 0.1) is 11.6 Å². The molecule has 0 atom stereocenters. The molecule has 1 aliphatic heterocycles. The second-order valence-corrected chi connectivity index (χ2v) is 10.6. The summed E-state index contributed by atoms with van der Waals surface area (Å²) in [6.45, 7) is 10.0. The Kier molecular flexibility index (Phi) is 9.58. The predicted molar refractivity (Wildman–Crippen MR) is 125 cm³/mol. The van der Waals surface area contributed by atoms with E-state index < -0.39 is 26.2 Å². The second-order valence-electron chi connectivity index (χ2n) is 7.74. The van der Waals surface area contributed by atoms with Crippen molar-refractivity contribution in [3.63, 3.8) is 0 Å². The maximum atomic E-state index is 14.0. The molecular weight excluding hydrogens is 513 g/mol. The van der Waals surface area contributed by atoms with E-state index in [4.69, 9.17) is 0 Å². The van der Waals surface area contributed by atoms with Crippen LogP contribution in [0.5, 0.6) is 0 Å². The van der Waals surface area contributed by atoms with Gasteiger partial charge in [0.15, 0.2) is 15.8 Å². The number of hydrogen-bond donors (Lipinski definition) is 1. The van der Waals surface area contributed by atoms with Crippen molar-refractivity contribution < 1.29 is 17.2 Å². The van der Waals surface area contributed by atoms with Crippen LogP contribution < -0.4 is 10.2 Å². The topological polar surface area (TPSA) is 65.0 Å². The summed E-state index contributed by atoms with van der Waals surface area (Å²) >= 11 is 0. The molecule has 29 heavy (non-hydrogen) atoms. The Morgan fingerprint density at radius 2 is 1.79 bits per heavy atom. The smallest absolute Gasteiger partial charge is 0.194 e. The first-order valence-electron chi connectivity index (χ1n) is 9.50. The van der Waals surface area contributed by atoms with Crippen molar-refractivity contribution >= 4 is 45.5 Å². The average Bonchev–Trinajstić information content (AvgIpc) is 2.62. The van der Waals surface area contributed by atoms with E-state index in [2.05, 4.69) is 10.3 Å². The summed E-state index contributed by atoms with van der Waals surface area (Å²) in [7, 11) is -3.23. The highest BCUT2D eigenvalue weighted by Gasteiger charge is 2.28. The van der Waals surface area contributed by atoms with E-state index in [1.807, 2.05) is 16.7 Å². The molecule has 0 amide bonds. The monoisotopic (exact) mass is 544 g/mol. The van der Waals surface area contributed by atoms with Crippen molar-refractivity contribution in [2.75, 3.05) is 49.9 Å². The van der Waals surface area contributed by atoms with E-state index in [1.165, 1.54) is 6.07 Å². The van der Waals surface area contributed by atoms with Crippen molar-refractivity contribution in [2.45, 2.75) is 32.4 Å². The van der Waals surface area contributed by atoms with Gasteiger partial charge in [-0.1, -0.05) is 0 Å². The van der Waals surface area contributed by atoms with Crippen molar-refractivity contribution in [2.24, 2.45) is 4.99 Å². The van der Waals surface area contributed by atoms with Crippen molar-refractivity contribution in [1.29, 1.82) is 0 Å². The summed E-state index contributed by atoms with van der Waals surface area (Å²) < 4.78 is 51.1. The van der Waals surface area contributed by atoms with Gasteiger partial charge in [-0.05, 0) is 39.8 Å². The molecule has 0 unspecified atom stereocenters. The molecule has 1 aromatic rings. The first kappa shape index (κ1) is 25.9. The van der Waals surface area contributed by atoms with E-state index in [9.17, 15) is 17.2 Å². The van der Waals surface area contributed by atoms with Gasteiger partial charge in [0.2, 0.25) is 0 Å². The number of guanidine groups is 1. The molecule has 10 heteroatoms. The number of benzene rings is 1. The molecule has 0 spiro atoms.